The van der Waals surface area contributed by atoms with Gasteiger partial charge in [0.25, 0.3) is 11.8 Å². The molecule has 0 N–H and O–H groups in total. The molecule has 0 saturated carbocycles. The summed E-state index contributed by atoms with van der Waals surface area (Å²) < 4.78 is 5.56. The van der Waals surface area contributed by atoms with Crippen LogP contribution in [0.5, 0.6) is 0 Å². The predicted molar refractivity (Wildman–Crippen MR) is 120 cm³/mol. The summed E-state index contributed by atoms with van der Waals surface area (Å²) in [5.74, 6) is 0.0912. The molecule has 0 radical (unpaired) electrons. The lowest BCUT2D eigenvalue weighted by Gasteiger charge is -2.16. The molecular formula is C26H18N4O3. The molecule has 2 aliphatic heterocycles. The van der Waals surface area contributed by atoms with E-state index in [1.807, 2.05) is 66.7 Å². The van der Waals surface area contributed by atoms with E-state index in [0.717, 1.165) is 11.1 Å². The maximum absolute atomic E-state index is 13.1. The van der Waals surface area contributed by atoms with Crippen LogP contribution in [-0.2, 0) is 0 Å². The number of rotatable bonds is 5. The lowest BCUT2D eigenvalue weighted by Crippen LogP contribution is -2.35. The smallest absolute Gasteiger partial charge is 0.276 e. The molecule has 33 heavy (non-hydrogen) atoms. The summed E-state index contributed by atoms with van der Waals surface area (Å²) in [4.78, 5) is 30.7. The summed E-state index contributed by atoms with van der Waals surface area (Å²) in [6, 6.07) is 25.7. The summed E-state index contributed by atoms with van der Waals surface area (Å²) in [6.07, 6.45) is 3.67. The van der Waals surface area contributed by atoms with Crippen LogP contribution < -0.4 is 0 Å². The molecule has 6 rings (SSSR count). The van der Waals surface area contributed by atoms with Gasteiger partial charge in [0.05, 0.1) is 17.2 Å². The van der Waals surface area contributed by atoms with Crippen LogP contribution >= 0.6 is 0 Å². The molecule has 1 fully saturated rings. The molecule has 7 nitrogen and oxygen atoms in total. The first kappa shape index (κ1) is 19.3. The van der Waals surface area contributed by atoms with Crippen LogP contribution in [0, 0.1) is 0 Å². The number of carbonyl (C=O) groups is 2. The van der Waals surface area contributed by atoms with E-state index in [0.29, 0.717) is 22.8 Å². The number of amides is 2. The van der Waals surface area contributed by atoms with Crippen molar-refractivity contribution >= 4 is 24.0 Å². The van der Waals surface area contributed by atoms with Gasteiger partial charge in [0.15, 0.2) is 5.82 Å². The third-order valence-corrected chi connectivity index (χ3v) is 5.86. The predicted octanol–water partition coefficient (Wildman–Crippen LogP) is 4.55. The maximum atomic E-state index is 13.1. The van der Waals surface area contributed by atoms with E-state index in [1.165, 1.54) is 5.01 Å². The van der Waals surface area contributed by atoms with Crippen LogP contribution in [0.2, 0.25) is 0 Å². The average molecular weight is 434 g/mol. The SMILES string of the molecule is O=C1c2ccccc2C(=O)N1N1[C@@H](c2ccccc2)[C@@H]1c1nc(/C=C/c2ccccc2)no1. The van der Waals surface area contributed by atoms with Gasteiger partial charge in [0.2, 0.25) is 5.89 Å². The summed E-state index contributed by atoms with van der Waals surface area (Å²) in [5.41, 5.74) is 2.78. The Balaban J connectivity index is 1.33. The van der Waals surface area contributed by atoms with Gasteiger partial charge in [-0.15, -0.1) is 0 Å². The van der Waals surface area contributed by atoms with Crippen LogP contribution in [0.15, 0.2) is 89.5 Å². The summed E-state index contributed by atoms with van der Waals surface area (Å²) >= 11 is 0. The fraction of sp³-hybridized carbons (Fsp3) is 0.0769. The minimum absolute atomic E-state index is 0.264. The number of aromatic nitrogens is 2. The summed E-state index contributed by atoms with van der Waals surface area (Å²) in [5, 5.41) is 7.00. The maximum Gasteiger partial charge on any atom is 0.276 e. The van der Waals surface area contributed by atoms with Crippen LogP contribution in [0.4, 0.5) is 0 Å². The molecule has 3 atom stereocenters. The van der Waals surface area contributed by atoms with Gasteiger partial charge in [-0.3, -0.25) is 9.59 Å². The van der Waals surface area contributed by atoms with E-state index < -0.39 is 6.04 Å². The largest absolute Gasteiger partial charge is 0.337 e. The topological polar surface area (TPSA) is 79.3 Å². The zero-order valence-electron chi connectivity index (χ0n) is 17.4. The normalized spacial score (nSPS) is 21.6. The minimum Gasteiger partial charge on any atom is -0.337 e. The zero-order chi connectivity index (χ0) is 22.4. The van der Waals surface area contributed by atoms with Gasteiger partial charge in [-0.25, -0.2) is 5.01 Å². The Bertz CT molecular complexity index is 1350. The van der Waals surface area contributed by atoms with E-state index in [4.69, 9.17) is 4.52 Å². The molecule has 1 aromatic heterocycles. The number of nitrogens with zero attached hydrogens (tertiary/aromatic N) is 4. The molecule has 1 unspecified atom stereocenters. The second kappa shape index (κ2) is 7.65. The number of benzene rings is 3. The van der Waals surface area contributed by atoms with Gasteiger partial charge >= 0.3 is 0 Å². The fourth-order valence-electron chi connectivity index (χ4n) is 4.26. The lowest BCUT2D eigenvalue weighted by atomic mass is 10.1. The number of imide groups is 1. The summed E-state index contributed by atoms with van der Waals surface area (Å²) in [7, 11) is 0. The highest BCUT2D eigenvalue weighted by Crippen LogP contribution is 2.56. The van der Waals surface area contributed by atoms with Crippen molar-refractivity contribution in [3.8, 4) is 0 Å². The standard InChI is InChI=1S/C26H18N4O3/c31-25-19-13-7-8-14-20(19)26(32)30(25)29-22(18-11-5-2-6-12-18)23(29)24-27-21(28-33-24)16-15-17-9-3-1-4-10-17/h1-16,22-23H/b16-15+/t22-,23+,29?/m0/s1. The highest BCUT2D eigenvalue weighted by atomic mass is 16.5. The van der Waals surface area contributed by atoms with Gasteiger partial charge < -0.3 is 4.52 Å². The van der Waals surface area contributed by atoms with Gasteiger partial charge in [0, 0.05) is 0 Å². The minimum atomic E-state index is -0.416. The molecule has 160 valence electrons. The number of hydrazine groups is 1. The third kappa shape index (κ3) is 3.26. The molecule has 3 aromatic carbocycles. The monoisotopic (exact) mass is 434 g/mol. The Hall–Kier alpha value is -4.36. The second-order valence-electron chi connectivity index (χ2n) is 7.88. The van der Waals surface area contributed by atoms with Crippen molar-refractivity contribution in [3.05, 3.63) is 119 Å². The van der Waals surface area contributed by atoms with Gasteiger partial charge in [-0.05, 0) is 29.3 Å². The number of carbonyl (C=O) groups excluding carboxylic acids is 2. The van der Waals surface area contributed by atoms with E-state index in [9.17, 15) is 9.59 Å². The first-order valence-electron chi connectivity index (χ1n) is 10.6. The average Bonchev–Trinajstić information content (AvgIpc) is 3.29. The first-order chi connectivity index (χ1) is 16.2. The van der Waals surface area contributed by atoms with Gasteiger partial charge in [-0.1, -0.05) is 84.0 Å². The molecule has 0 spiro atoms. The van der Waals surface area contributed by atoms with Crippen molar-refractivity contribution in [2.75, 3.05) is 0 Å². The van der Waals surface area contributed by atoms with Crippen LogP contribution in [-0.4, -0.2) is 32.0 Å². The van der Waals surface area contributed by atoms with Crippen molar-refractivity contribution in [2.45, 2.75) is 12.1 Å². The van der Waals surface area contributed by atoms with E-state index in [2.05, 4.69) is 10.1 Å². The molecule has 7 heteroatoms. The number of hydrogen-bond acceptors (Lipinski definition) is 6. The molecule has 4 aromatic rings. The summed E-state index contributed by atoms with van der Waals surface area (Å²) in [6.45, 7) is 0. The zero-order valence-corrected chi connectivity index (χ0v) is 17.4. The van der Waals surface area contributed by atoms with Crippen molar-refractivity contribution < 1.29 is 14.1 Å². The highest BCUT2D eigenvalue weighted by Gasteiger charge is 2.61. The number of fused-ring (bicyclic) bond motifs is 1. The van der Waals surface area contributed by atoms with Crippen molar-refractivity contribution in [2.24, 2.45) is 0 Å². The quantitative estimate of drug-likeness (QED) is 0.339. The molecular weight excluding hydrogens is 416 g/mol. The lowest BCUT2D eigenvalue weighted by molar-refractivity contribution is 0.0332. The molecule has 3 heterocycles. The van der Waals surface area contributed by atoms with Crippen molar-refractivity contribution in [3.63, 3.8) is 0 Å². The Morgan fingerprint density at radius 1 is 0.727 bits per heavy atom. The Morgan fingerprint density at radius 3 is 2.00 bits per heavy atom. The van der Waals surface area contributed by atoms with E-state index in [1.54, 1.807) is 35.4 Å². The van der Waals surface area contributed by atoms with Crippen LogP contribution in [0.1, 0.15) is 55.6 Å². The Morgan fingerprint density at radius 2 is 1.33 bits per heavy atom. The first-order valence-corrected chi connectivity index (χ1v) is 10.6. The van der Waals surface area contributed by atoms with E-state index in [-0.39, 0.29) is 17.9 Å². The van der Waals surface area contributed by atoms with Gasteiger partial charge in [0.1, 0.15) is 6.04 Å². The van der Waals surface area contributed by atoms with Crippen LogP contribution in [0.25, 0.3) is 12.2 Å². The molecule has 1 saturated heterocycles. The molecule has 0 bridgehead atoms. The van der Waals surface area contributed by atoms with Crippen molar-refractivity contribution in [1.82, 2.24) is 20.2 Å². The Labute approximate surface area is 189 Å². The Kier molecular flexibility index (Phi) is 4.48. The molecule has 2 aliphatic rings. The fourth-order valence-corrected chi connectivity index (χ4v) is 4.26. The van der Waals surface area contributed by atoms with Crippen LogP contribution in [0.3, 0.4) is 0 Å². The highest BCUT2D eigenvalue weighted by molar-refractivity contribution is 6.21. The third-order valence-electron chi connectivity index (χ3n) is 5.86. The van der Waals surface area contributed by atoms with Gasteiger partial charge in [-0.2, -0.15) is 9.99 Å². The molecule has 2 amide bonds. The van der Waals surface area contributed by atoms with Crippen molar-refractivity contribution in [1.29, 1.82) is 0 Å². The second-order valence-corrected chi connectivity index (χ2v) is 7.88. The number of hydrogen-bond donors (Lipinski definition) is 0. The molecule has 0 aliphatic carbocycles. The van der Waals surface area contributed by atoms with E-state index >= 15 is 0 Å².